The molecule has 2 aliphatic rings. The van der Waals surface area contributed by atoms with Crippen LogP contribution in [0.5, 0.6) is 0 Å². The molecule has 116 valence electrons. The fraction of sp³-hybridized carbons (Fsp3) is 0.938. The number of hydrogen-bond acceptors (Lipinski definition) is 2. The van der Waals surface area contributed by atoms with Crippen LogP contribution >= 0.6 is 0 Å². The summed E-state index contributed by atoms with van der Waals surface area (Å²) in [7, 11) is 0. The summed E-state index contributed by atoms with van der Waals surface area (Å²) in [6.07, 6.45) is 9.22. The van der Waals surface area contributed by atoms with Gasteiger partial charge in [0.05, 0.1) is 0 Å². The van der Waals surface area contributed by atoms with Crippen LogP contribution in [0.3, 0.4) is 0 Å². The largest absolute Gasteiger partial charge is 0.338 e. The first kappa shape index (κ1) is 15.6. The first-order valence-electron chi connectivity index (χ1n) is 8.48. The smallest absolute Gasteiger partial charge is 0.314 e. The van der Waals surface area contributed by atoms with Crippen LogP contribution in [0.4, 0.5) is 4.79 Å². The Bertz CT molecular complexity index is 281. The maximum Gasteiger partial charge on any atom is 0.314 e. The van der Waals surface area contributed by atoms with Crippen LogP contribution in [0.2, 0.25) is 0 Å². The summed E-state index contributed by atoms with van der Waals surface area (Å²) < 4.78 is 0. The zero-order valence-electron chi connectivity index (χ0n) is 13.0. The van der Waals surface area contributed by atoms with Crippen molar-refractivity contribution < 1.29 is 4.79 Å². The van der Waals surface area contributed by atoms with Crippen molar-refractivity contribution in [2.45, 2.75) is 51.9 Å². The summed E-state index contributed by atoms with van der Waals surface area (Å²) in [6, 6.07) is 0.00775. The minimum atomic E-state index is 0.00775. The zero-order valence-corrected chi connectivity index (χ0v) is 13.0. The molecule has 0 atom stereocenters. The van der Waals surface area contributed by atoms with E-state index >= 15 is 0 Å². The Morgan fingerprint density at radius 1 is 1.05 bits per heavy atom. The second-order valence-corrected chi connectivity index (χ2v) is 6.65. The summed E-state index contributed by atoms with van der Waals surface area (Å²) in [5, 5.41) is 5.96. The molecule has 0 radical (unpaired) electrons. The molecule has 4 heteroatoms. The Hall–Kier alpha value is -0.770. The molecule has 1 heterocycles. The number of nitrogens with zero attached hydrogens (tertiary/aromatic N) is 1. The highest BCUT2D eigenvalue weighted by molar-refractivity contribution is 5.73. The molecule has 0 aromatic heterocycles. The van der Waals surface area contributed by atoms with Gasteiger partial charge in [-0.3, -0.25) is 0 Å². The average molecular weight is 281 g/mol. The van der Waals surface area contributed by atoms with Gasteiger partial charge in [-0.15, -0.1) is 0 Å². The van der Waals surface area contributed by atoms with Gasteiger partial charge in [-0.05, 0) is 44.2 Å². The number of nitrogens with one attached hydrogen (secondary N) is 2. The topological polar surface area (TPSA) is 44.4 Å². The van der Waals surface area contributed by atoms with Crippen LogP contribution in [-0.4, -0.2) is 43.7 Å². The van der Waals surface area contributed by atoms with Gasteiger partial charge in [-0.1, -0.05) is 32.6 Å². The quantitative estimate of drug-likeness (QED) is 0.786. The van der Waals surface area contributed by atoms with E-state index in [0.717, 1.165) is 37.9 Å². The summed E-state index contributed by atoms with van der Waals surface area (Å²) in [5.41, 5.74) is 0. The Morgan fingerprint density at radius 3 is 2.40 bits per heavy atom. The second kappa shape index (κ2) is 8.50. The SMILES string of the molecule is CC1CCN(CCNC(=O)NCCC2CCCC2)CC1. The van der Waals surface area contributed by atoms with Gasteiger partial charge in [0.2, 0.25) is 0 Å². The van der Waals surface area contributed by atoms with Crippen molar-refractivity contribution in [1.29, 1.82) is 0 Å². The van der Waals surface area contributed by atoms with Gasteiger partial charge in [0.25, 0.3) is 0 Å². The fourth-order valence-electron chi connectivity index (χ4n) is 3.36. The van der Waals surface area contributed by atoms with Crippen LogP contribution in [0, 0.1) is 11.8 Å². The van der Waals surface area contributed by atoms with Crippen molar-refractivity contribution in [3.8, 4) is 0 Å². The number of likely N-dealkylation sites (tertiary alicyclic amines) is 1. The molecule has 2 fully saturated rings. The first-order valence-corrected chi connectivity index (χ1v) is 8.48. The molecule has 0 unspecified atom stereocenters. The number of carbonyl (C=O) groups is 1. The van der Waals surface area contributed by atoms with Gasteiger partial charge < -0.3 is 15.5 Å². The normalized spacial score (nSPS) is 22.1. The maximum absolute atomic E-state index is 11.7. The van der Waals surface area contributed by atoms with Crippen molar-refractivity contribution in [1.82, 2.24) is 15.5 Å². The molecule has 2 N–H and O–H groups in total. The van der Waals surface area contributed by atoms with Crippen molar-refractivity contribution >= 4 is 6.03 Å². The van der Waals surface area contributed by atoms with E-state index < -0.39 is 0 Å². The third-order valence-electron chi connectivity index (χ3n) is 4.90. The maximum atomic E-state index is 11.7. The lowest BCUT2D eigenvalue weighted by atomic mass is 9.99. The highest BCUT2D eigenvalue weighted by Crippen LogP contribution is 2.26. The predicted molar refractivity (Wildman–Crippen MR) is 82.8 cm³/mol. The number of carbonyl (C=O) groups excluding carboxylic acids is 1. The number of piperidine rings is 1. The Kier molecular flexibility index (Phi) is 6.64. The van der Waals surface area contributed by atoms with E-state index in [1.54, 1.807) is 0 Å². The van der Waals surface area contributed by atoms with Gasteiger partial charge >= 0.3 is 6.03 Å². The van der Waals surface area contributed by atoms with E-state index in [-0.39, 0.29) is 6.03 Å². The van der Waals surface area contributed by atoms with Crippen LogP contribution in [0.25, 0.3) is 0 Å². The standard InChI is InChI=1S/C16H31N3O/c1-14-7-11-19(12-8-14)13-10-18-16(20)17-9-6-15-4-2-3-5-15/h14-15H,2-13H2,1H3,(H2,17,18,20). The molecule has 1 aliphatic heterocycles. The Balaban J connectivity index is 1.45. The summed E-state index contributed by atoms with van der Waals surface area (Å²) >= 11 is 0. The number of hydrogen-bond donors (Lipinski definition) is 2. The van der Waals surface area contributed by atoms with Crippen molar-refractivity contribution in [2.75, 3.05) is 32.7 Å². The lowest BCUT2D eigenvalue weighted by Gasteiger charge is -2.30. The molecular formula is C16H31N3O. The predicted octanol–water partition coefficient (Wildman–Crippen LogP) is 2.60. The van der Waals surface area contributed by atoms with Crippen LogP contribution < -0.4 is 10.6 Å². The van der Waals surface area contributed by atoms with E-state index in [1.807, 2.05) is 0 Å². The molecule has 0 aromatic rings. The summed E-state index contributed by atoms with van der Waals surface area (Å²) in [5.74, 6) is 1.73. The summed E-state index contributed by atoms with van der Waals surface area (Å²) in [4.78, 5) is 14.1. The zero-order chi connectivity index (χ0) is 14.2. The number of amides is 2. The lowest BCUT2D eigenvalue weighted by molar-refractivity contribution is 0.191. The minimum absolute atomic E-state index is 0.00775. The van der Waals surface area contributed by atoms with Gasteiger partial charge in [0.15, 0.2) is 0 Å². The Morgan fingerprint density at radius 2 is 1.70 bits per heavy atom. The van der Waals surface area contributed by atoms with E-state index in [2.05, 4.69) is 22.5 Å². The van der Waals surface area contributed by atoms with Crippen LogP contribution in [0.15, 0.2) is 0 Å². The molecule has 1 saturated heterocycles. The van der Waals surface area contributed by atoms with E-state index in [4.69, 9.17) is 0 Å². The van der Waals surface area contributed by atoms with Crippen molar-refractivity contribution in [3.05, 3.63) is 0 Å². The molecule has 1 saturated carbocycles. The molecule has 0 spiro atoms. The lowest BCUT2D eigenvalue weighted by Crippen LogP contribution is -2.42. The average Bonchev–Trinajstić information content (AvgIpc) is 2.94. The van der Waals surface area contributed by atoms with Gasteiger partial charge in [0, 0.05) is 19.6 Å². The number of rotatable bonds is 6. The molecule has 1 aliphatic carbocycles. The van der Waals surface area contributed by atoms with Crippen molar-refractivity contribution in [2.24, 2.45) is 11.8 Å². The van der Waals surface area contributed by atoms with Crippen molar-refractivity contribution in [3.63, 3.8) is 0 Å². The highest BCUT2D eigenvalue weighted by Gasteiger charge is 2.16. The molecule has 2 rings (SSSR count). The third kappa shape index (κ3) is 5.70. The van der Waals surface area contributed by atoms with E-state index in [0.29, 0.717) is 0 Å². The molecule has 0 bridgehead atoms. The third-order valence-corrected chi connectivity index (χ3v) is 4.90. The first-order chi connectivity index (χ1) is 9.74. The van der Waals surface area contributed by atoms with Gasteiger partial charge in [-0.2, -0.15) is 0 Å². The Labute approximate surface area is 123 Å². The van der Waals surface area contributed by atoms with E-state index in [9.17, 15) is 4.79 Å². The minimum Gasteiger partial charge on any atom is -0.338 e. The molecule has 20 heavy (non-hydrogen) atoms. The van der Waals surface area contributed by atoms with Gasteiger partial charge in [-0.25, -0.2) is 4.79 Å². The summed E-state index contributed by atoms with van der Waals surface area (Å²) in [6.45, 7) is 7.29. The molecule has 2 amide bonds. The molecular weight excluding hydrogens is 250 g/mol. The van der Waals surface area contributed by atoms with E-state index in [1.165, 1.54) is 51.6 Å². The highest BCUT2D eigenvalue weighted by atomic mass is 16.2. The monoisotopic (exact) mass is 281 g/mol. The number of urea groups is 1. The fourth-order valence-corrected chi connectivity index (χ4v) is 3.36. The van der Waals surface area contributed by atoms with Crippen LogP contribution in [0.1, 0.15) is 51.9 Å². The van der Waals surface area contributed by atoms with Gasteiger partial charge in [0.1, 0.15) is 0 Å². The van der Waals surface area contributed by atoms with Crippen LogP contribution in [-0.2, 0) is 0 Å². The second-order valence-electron chi connectivity index (χ2n) is 6.65. The molecule has 0 aromatic carbocycles. The molecule has 4 nitrogen and oxygen atoms in total.